The topological polar surface area (TPSA) is 12.9 Å². The van der Waals surface area contributed by atoms with Crippen LogP contribution in [0.3, 0.4) is 0 Å². The molecule has 0 bridgehead atoms. The molecule has 0 aromatic carbocycles. The van der Waals surface area contributed by atoms with E-state index < -0.39 is 0 Å². The van der Waals surface area contributed by atoms with Crippen molar-refractivity contribution < 1.29 is 0 Å². The zero-order chi connectivity index (χ0) is 10.6. The van der Waals surface area contributed by atoms with Crippen LogP contribution in [0.25, 0.3) is 0 Å². The Hall–Kier alpha value is -0.0800. The Labute approximate surface area is 95.5 Å². The third-order valence-corrected chi connectivity index (χ3v) is 3.45. The number of rotatable bonds is 5. The van der Waals surface area contributed by atoms with Crippen LogP contribution < -0.4 is 0 Å². The number of hydrogen-bond acceptors (Lipinski definition) is 2. The first-order valence-corrected chi connectivity index (χ1v) is 6.50. The zero-order valence-electron chi connectivity index (χ0n) is 9.09. The number of aryl methyl sites for hydroxylation is 1. The van der Waals surface area contributed by atoms with Gasteiger partial charge >= 0.3 is 0 Å². The van der Waals surface area contributed by atoms with E-state index in [0.717, 1.165) is 23.2 Å². The summed E-state index contributed by atoms with van der Waals surface area (Å²) in [5.41, 5.74) is 1.21. The van der Waals surface area contributed by atoms with Crippen LogP contribution in [-0.2, 0) is 6.42 Å². The van der Waals surface area contributed by atoms with E-state index in [1.54, 1.807) is 11.3 Å². The fraction of sp³-hybridized carbons (Fsp3) is 0.727. The molecule has 1 unspecified atom stereocenters. The highest BCUT2D eigenvalue weighted by atomic mass is 35.5. The quantitative estimate of drug-likeness (QED) is 0.701. The lowest BCUT2D eigenvalue weighted by atomic mass is 9.95. The molecule has 1 aromatic rings. The predicted molar refractivity (Wildman–Crippen MR) is 64.2 cm³/mol. The molecule has 0 aliphatic rings. The van der Waals surface area contributed by atoms with Crippen molar-refractivity contribution >= 4 is 22.9 Å². The van der Waals surface area contributed by atoms with Gasteiger partial charge in [-0.2, -0.15) is 0 Å². The van der Waals surface area contributed by atoms with E-state index in [4.69, 9.17) is 11.6 Å². The van der Waals surface area contributed by atoms with Crippen LogP contribution in [0.5, 0.6) is 0 Å². The smallest absolute Gasteiger partial charge is 0.0897 e. The summed E-state index contributed by atoms with van der Waals surface area (Å²) in [5, 5.41) is 3.30. The molecule has 1 atom stereocenters. The van der Waals surface area contributed by atoms with Gasteiger partial charge in [-0.15, -0.1) is 22.9 Å². The average molecular weight is 232 g/mol. The number of thiazole rings is 1. The normalized spacial score (nSPS) is 13.5. The van der Waals surface area contributed by atoms with Gasteiger partial charge in [-0.25, -0.2) is 4.98 Å². The van der Waals surface area contributed by atoms with Crippen LogP contribution in [0.4, 0.5) is 0 Å². The molecule has 1 rings (SSSR count). The molecule has 1 heterocycles. The molecule has 3 heteroatoms. The van der Waals surface area contributed by atoms with E-state index >= 15 is 0 Å². The van der Waals surface area contributed by atoms with Crippen molar-refractivity contribution in [1.29, 1.82) is 0 Å². The molecule has 0 aliphatic heterocycles. The summed E-state index contributed by atoms with van der Waals surface area (Å²) in [6.07, 6.45) is 2.23. The second kappa shape index (κ2) is 5.72. The number of hydrogen-bond donors (Lipinski definition) is 0. The van der Waals surface area contributed by atoms with Crippen molar-refractivity contribution in [2.45, 2.75) is 33.6 Å². The molecule has 1 nitrogen and oxygen atoms in total. The summed E-state index contributed by atoms with van der Waals surface area (Å²) in [5.74, 6) is 2.05. The van der Waals surface area contributed by atoms with Crippen LogP contribution in [0.1, 0.15) is 31.0 Å². The third-order valence-electron chi connectivity index (χ3n) is 2.19. The van der Waals surface area contributed by atoms with Crippen molar-refractivity contribution in [2.24, 2.45) is 11.8 Å². The van der Waals surface area contributed by atoms with Crippen molar-refractivity contribution in [1.82, 2.24) is 4.98 Å². The fourth-order valence-electron chi connectivity index (χ4n) is 1.67. The van der Waals surface area contributed by atoms with E-state index in [1.807, 2.05) is 6.92 Å². The van der Waals surface area contributed by atoms with Crippen LogP contribution >= 0.6 is 22.9 Å². The molecule has 0 saturated carbocycles. The van der Waals surface area contributed by atoms with Crippen molar-refractivity contribution in [3.63, 3.8) is 0 Å². The molecule has 0 N–H and O–H groups in total. The maximum Gasteiger partial charge on any atom is 0.0897 e. The highest BCUT2D eigenvalue weighted by Gasteiger charge is 2.12. The minimum absolute atomic E-state index is 0.582. The summed E-state index contributed by atoms with van der Waals surface area (Å²) in [6, 6.07) is 0. The molecule has 80 valence electrons. The molecule has 1 aromatic heterocycles. The van der Waals surface area contributed by atoms with Crippen molar-refractivity contribution in [3.05, 3.63) is 16.1 Å². The summed E-state index contributed by atoms with van der Waals surface area (Å²) < 4.78 is 0. The highest BCUT2D eigenvalue weighted by molar-refractivity contribution is 7.09. The molecule has 0 spiro atoms. The minimum atomic E-state index is 0.582. The summed E-state index contributed by atoms with van der Waals surface area (Å²) in [6.45, 7) is 6.53. The molecule has 0 amide bonds. The van der Waals surface area contributed by atoms with Gasteiger partial charge in [0.05, 0.1) is 10.7 Å². The van der Waals surface area contributed by atoms with Gasteiger partial charge in [0, 0.05) is 11.3 Å². The monoisotopic (exact) mass is 231 g/mol. The first-order valence-electron chi connectivity index (χ1n) is 5.08. The van der Waals surface area contributed by atoms with Gasteiger partial charge in [-0.3, -0.25) is 0 Å². The molecule has 0 aliphatic carbocycles. The summed E-state index contributed by atoms with van der Waals surface area (Å²) in [7, 11) is 0. The summed E-state index contributed by atoms with van der Waals surface area (Å²) in [4.78, 5) is 4.47. The largest absolute Gasteiger partial charge is 0.247 e. The van der Waals surface area contributed by atoms with E-state index in [0.29, 0.717) is 5.92 Å². The maximum atomic E-state index is 5.94. The maximum absolute atomic E-state index is 5.94. The Morgan fingerprint density at radius 2 is 2.21 bits per heavy atom. The Balaban J connectivity index is 2.48. The first-order chi connectivity index (χ1) is 6.61. The van der Waals surface area contributed by atoms with Gasteiger partial charge in [0.1, 0.15) is 0 Å². The zero-order valence-corrected chi connectivity index (χ0v) is 10.7. The second-order valence-electron chi connectivity index (χ2n) is 4.21. The standard InChI is InChI=1S/C11H18ClNS/c1-8(2)4-10(6-12)5-11-7-14-9(3)13-11/h7-8,10H,4-6H2,1-3H3. The number of alkyl halides is 1. The molecule has 14 heavy (non-hydrogen) atoms. The van der Waals surface area contributed by atoms with Gasteiger partial charge < -0.3 is 0 Å². The molecule has 0 radical (unpaired) electrons. The highest BCUT2D eigenvalue weighted by Crippen LogP contribution is 2.19. The van der Waals surface area contributed by atoms with Gasteiger partial charge in [0.15, 0.2) is 0 Å². The van der Waals surface area contributed by atoms with E-state index in [2.05, 4.69) is 24.2 Å². The predicted octanol–water partition coefficient (Wildman–Crippen LogP) is 3.90. The van der Waals surface area contributed by atoms with Gasteiger partial charge in [-0.1, -0.05) is 13.8 Å². The number of nitrogens with zero attached hydrogens (tertiary/aromatic N) is 1. The lowest BCUT2D eigenvalue weighted by molar-refractivity contribution is 0.438. The second-order valence-corrected chi connectivity index (χ2v) is 5.58. The van der Waals surface area contributed by atoms with Gasteiger partial charge in [0.2, 0.25) is 0 Å². The van der Waals surface area contributed by atoms with Crippen LogP contribution in [-0.4, -0.2) is 10.9 Å². The fourth-order valence-corrected chi connectivity index (χ4v) is 2.53. The van der Waals surface area contributed by atoms with E-state index in [1.165, 1.54) is 12.1 Å². The first kappa shape index (κ1) is 12.0. The summed E-state index contributed by atoms with van der Waals surface area (Å²) >= 11 is 7.67. The lowest BCUT2D eigenvalue weighted by Gasteiger charge is -2.14. The Morgan fingerprint density at radius 3 is 2.64 bits per heavy atom. The Bertz CT molecular complexity index is 270. The van der Waals surface area contributed by atoms with E-state index in [-0.39, 0.29) is 0 Å². The third kappa shape index (κ3) is 3.97. The van der Waals surface area contributed by atoms with Crippen LogP contribution in [0.2, 0.25) is 0 Å². The van der Waals surface area contributed by atoms with Crippen LogP contribution in [0.15, 0.2) is 5.38 Å². The average Bonchev–Trinajstić information content (AvgIpc) is 2.49. The van der Waals surface area contributed by atoms with Gasteiger partial charge in [-0.05, 0) is 31.6 Å². The lowest BCUT2D eigenvalue weighted by Crippen LogP contribution is -2.10. The Morgan fingerprint density at radius 1 is 1.50 bits per heavy atom. The van der Waals surface area contributed by atoms with Gasteiger partial charge in [0.25, 0.3) is 0 Å². The molecular formula is C11H18ClNS. The SMILES string of the molecule is Cc1nc(CC(CCl)CC(C)C)cs1. The molecular weight excluding hydrogens is 214 g/mol. The minimum Gasteiger partial charge on any atom is -0.247 e. The number of halogens is 1. The van der Waals surface area contributed by atoms with Crippen molar-refractivity contribution in [2.75, 3.05) is 5.88 Å². The molecule has 0 saturated heterocycles. The number of aromatic nitrogens is 1. The van der Waals surface area contributed by atoms with E-state index in [9.17, 15) is 0 Å². The van der Waals surface area contributed by atoms with Crippen molar-refractivity contribution in [3.8, 4) is 0 Å². The molecule has 0 fully saturated rings. The Kier molecular flexibility index (Phi) is 4.90. The van der Waals surface area contributed by atoms with Crippen LogP contribution in [0, 0.1) is 18.8 Å².